The minimum Gasteiger partial charge on any atom is -0.494 e. The molecular formula is C17H28N2O2. The summed E-state index contributed by atoms with van der Waals surface area (Å²) in [6, 6.07) is 8.41. The van der Waals surface area contributed by atoms with Gasteiger partial charge in [-0.15, -0.1) is 0 Å². The normalized spacial score (nSPS) is 19.9. The highest BCUT2D eigenvalue weighted by molar-refractivity contribution is 5.36. The summed E-state index contributed by atoms with van der Waals surface area (Å²) in [6.45, 7) is 8.25. The number of hydrogen-bond acceptors (Lipinski definition) is 4. The molecule has 2 atom stereocenters. The standard InChI is InChI=1S/C17H28N2O2/c1-3-19(13-14-8-7-11-21-14)16(12-18)15-9-5-6-10-17(15)20-4-2/h5-6,9-10,14,16H,3-4,7-8,11-13,18H2,1-2H3. The number of nitrogens with zero attached hydrogens (tertiary/aromatic N) is 1. The Morgan fingerprint density at radius 2 is 2.19 bits per heavy atom. The fourth-order valence-electron chi connectivity index (χ4n) is 3.04. The summed E-state index contributed by atoms with van der Waals surface area (Å²) in [5, 5.41) is 0. The van der Waals surface area contributed by atoms with Crippen LogP contribution in [0.15, 0.2) is 24.3 Å². The van der Waals surface area contributed by atoms with E-state index < -0.39 is 0 Å². The Hall–Kier alpha value is -1.10. The predicted molar refractivity (Wildman–Crippen MR) is 85.6 cm³/mol. The zero-order chi connectivity index (χ0) is 15.1. The van der Waals surface area contributed by atoms with Crippen molar-refractivity contribution in [3.63, 3.8) is 0 Å². The predicted octanol–water partition coefficient (Wildman–Crippen LogP) is 2.59. The zero-order valence-electron chi connectivity index (χ0n) is 13.3. The molecule has 4 nitrogen and oxygen atoms in total. The first-order valence-electron chi connectivity index (χ1n) is 8.07. The molecule has 0 aliphatic carbocycles. The summed E-state index contributed by atoms with van der Waals surface area (Å²) in [6.07, 6.45) is 2.67. The summed E-state index contributed by atoms with van der Waals surface area (Å²) in [5.41, 5.74) is 7.26. The molecule has 0 radical (unpaired) electrons. The number of para-hydroxylation sites is 1. The summed E-state index contributed by atoms with van der Waals surface area (Å²) in [5.74, 6) is 0.946. The van der Waals surface area contributed by atoms with Gasteiger partial charge in [0.2, 0.25) is 0 Å². The van der Waals surface area contributed by atoms with Gasteiger partial charge < -0.3 is 15.2 Å². The van der Waals surface area contributed by atoms with E-state index in [-0.39, 0.29) is 6.04 Å². The second-order valence-electron chi connectivity index (χ2n) is 5.44. The van der Waals surface area contributed by atoms with E-state index in [1.165, 1.54) is 12.0 Å². The van der Waals surface area contributed by atoms with Crippen LogP contribution in [0.25, 0.3) is 0 Å². The number of ether oxygens (including phenoxy) is 2. The molecule has 2 N–H and O–H groups in total. The lowest BCUT2D eigenvalue weighted by Gasteiger charge is -2.32. The molecule has 2 unspecified atom stereocenters. The quantitative estimate of drug-likeness (QED) is 0.800. The fourth-order valence-corrected chi connectivity index (χ4v) is 3.04. The van der Waals surface area contributed by atoms with Crippen LogP contribution in [0.2, 0.25) is 0 Å². The molecule has 0 bridgehead atoms. The first kappa shape index (κ1) is 16.3. The first-order valence-corrected chi connectivity index (χ1v) is 8.07. The zero-order valence-corrected chi connectivity index (χ0v) is 13.3. The Kier molecular flexibility index (Phi) is 6.49. The number of hydrogen-bond donors (Lipinski definition) is 1. The SMILES string of the molecule is CCOc1ccccc1C(CN)N(CC)CC1CCCO1. The van der Waals surface area contributed by atoms with Gasteiger partial charge in [-0.25, -0.2) is 0 Å². The molecule has 1 heterocycles. The van der Waals surface area contributed by atoms with E-state index in [0.717, 1.165) is 31.9 Å². The molecule has 2 rings (SSSR count). The Labute approximate surface area is 128 Å². The van der Waals surface area contributed by atoms with E-state index in [4.69, 9.17) is 15.2 Å². The molecule has 1 saturated heterocycles. The third-order valence-corrected chi connectivity index (χ3v) is 4.11. The summed E-state index contributed by atoms with van der Waals surface area (Å²) >= 11 is 0. The maximum Gasteiger partial charge on any atom is 0.124 e. The van der Waals surface area contributed by atoms with Gasteiger partial charge in [0.15, 0.2) is 0 Å². The molecule has 1 fully saturated rings. The Morgan fingerprint density at radius 1 is 1.38 bits per heavy atom. The average molecular weight is 292 g/mol. The fraction of sp³-hybridized carbons (Fsp3) is 0.647. The average Bonchev–Trinajstić information content (AvgIpc) is 3.02. The lowest BCUT2D eigenvalue weighted by molar-refractivity contribution is 0.0596. The summed E-state index contributed by atoms with van der Waals surface area (Å²) < 4.78 is 11.6. The van der Waals surface area contributed by atoms with Gasteiger partial charge in [-0.1, -0.05) is 25.1 Å². The number of likely N-dealkylation sites (N-methyl/N-ethyl adjacent to an activating group) is 1. The molecule has 0 saturated carbocycles. The second-order valence-corrected chi connectivity index (χ2v) is 5.44. The second kappa shape index (κ2) is 8.37. The van der Waals surface area contributed by atoms with Crippen LogP contribution in [0.5, 0.6) is 5.75 Å². The molecule has 1 aromatic rings. The van der Waals surface area contributed by atoms with E-state index >= 15 is 0 Å². The smallest absolute Gasteiger partial charge is 0.124 e. The van der Waals surface area contributed by atoms with E-state index in [2.05, 4.69) is 24.0 Å². The van der Waals surface area contributed by atoms with Gasteiger partial charge in [0.25, 0.3) is 0 Å². The third-order valence-electron chi connectivity index (χ3n) is 4.11. The van der Waals surface area contributed by atoms with Crippen molar-refractivity contribution >= 4 is 0 Å². The van der Waals surface area contributed by atoms with Gasteiger partial charge in [-0.2, -0.15) is 0 Å². The summed E-state index contributed by atoms with van der Waals surface area (Å²) in [4.78, 5) is 2.41. The molecule has 4 heteroatoms. The number of benzene rings is 1. The third kappa shape index (κ3) is 4.19. The summed E-state index contributed by atoms with van der Waals surface area (Å²) in [7, 11) is 0. The van der Waals surface area contributed by atoms with Crippen LogP contribution in [0.3, 0.4) is 0 Å². The lowest BCUT2D eigenvalue weighted by atomic mass is 10.0. The first-order chi connectivity index (χ1) is 10.3. The van der Waals surface area contributed by atoms with E-state index in [1.807, 2.05) is 19.1 Å². The Balaban J connectivity index is 2.15. The maximum absolute atomic E-state index is 6.08. The van der Waals surface area contributed by atoms with Gasteiger partial charge >= 0.3 is 0 Å². The van der Waals surface area contributed by atoms with Crippen molar-refractivity contribution in [2.75, 3.05) is 32.8 Å². The van der Waals surface area contributed by atoms with Crippen molar-refractivity contribution in [2.45, 2.75) is 38.8 Å². The van der Waals surface area contributed by atoms with Gasteiger partial charge in [-0.3, -0.25) is 4.90 Å². The molecule has 1 aliphatic rings. The minimum absolute atomic E-state index is 0.182. The number of nitrogens with two attached hydrogens (primary N) is 1. The van der Waals surface area contributed by atoms with Crippen LogP contribution in [-0.2, 0) is 4.74 Å². The van der Waals surface area contributed by atoms with Crippen molar-refractivity contribution in [1.29, 1.82) is 0 Å². The van der Waals surface area contributed by atoms with Gasteiger partial charge in [-0.05, 0) is 32.4 Å². The van der Waals surface area contributed by atoms with Crippen molar-refractivity contribution in [1.82, 2.24) is 4.90 Å². The molecule has 118 valence electrons. The molecular weight excluding hydrogens is 264 g/mol. The van der Waals surface area contributed by atoms with Crippen LogP contribution in [-0.4, -0.2) is 43.9 Å². The Morgan fingerprint density at radius 3 is 2.81 bits per heavy atom. The van der Waals surface area contributed by atoms with Crippen molar-refractivity contribution < 1.29 is 9.47 Å². The van der Waals surface area contributed by atoms with Crippen LogP contribution < -0.4 is 10.5 Å². The molecule has 0 aromatic heterocycles. The maximum atomic E-state index is 6.08. The highest BCUT2D eigenvalue weighted by Crippen LogP contribution is 2.29. The van der Waals surface area contributed by atoms with Crippen molar-refractivity contribution in [3.8, 4) is 5.75 Å². The van der Waals surface area contributed by atoms with Crippen molar-refractivity contribution in [2.24, 2.45) is 5.73 Å². The molecule has 0 amide bonds. The highest BCUT2D eigenvalue weighted by Gasteiger charge is 2.25. The topological polar surface area (TPSA) is 47.7 Å². The largest absolute Gasteiger partial charge is 0.494 e. The highest BCUT2D eigenvalue weighted by atomic mass is 16.5. The van der Waals surface area contributed by atoms with Gasteiger partial charge in [0.1, 0.15) is 5.75 Å². The van der Waals surface area contributed by atoms with Gasteiger partial charge in [0, 0.05) is 25.3 Å². The molecule has 21 heavy (non-hydrogen) atoms. The minimum atomic E-state index is 0.182. The molecule has 0 spiro atoms. The van der Waals surface area contributed by atoms with Crippen LogP contribution in [0, 0.1) is 0 Å². The molecule has 1 aliphatic heterocycles. The Bertz CT molecular complexity index is 419. The van der Waals surface area contributed by atoms with E-state index in [1.54, 1.807) is 0 Å². The van der Waals surface area contributed by atoms with E-state index in [9.17, 15) is 0 Å². The van der Waals surface area contributed by atoms with Crippen LogP contribution >= 0.6 is 0 Å². The monoisotopic (exact) mass is 292 g/mol. The van der Waals surface area contributed by atoms with Gasteiger partial charge in [0.05, 0.1) is 18.8 Å². The lowest BCUT2D eigenvalue weighted by Crippen LogP contribution is -2.39. The van der Waals surface area contributed by atoms with Crippen LogP contribution in [0.4, 0.5) is 0 Å². The van der Waals surface area contributed by atoms with Crippen molar-refractivity contribution in [3.05, 3.63) is 29.8 Å². The molecule has 1 aromatic carbocycles. The van der Waals surface area contributed by atoms with E-state index in [0.29, 0.717) is 19.3 Å². The number of rotatable bonds is 8. The van der Waals surface area contributed by atoms with Crippen LogP contribution in [0.1, 0.15) is 38.3 Å².